The lowest BCUT2D eigenvalue weighted by Gasteiger charge is -2.04. The fourth-order valence-corrected chi connectivity index (χ4v) is 4.15. The average molecular weight is 418 g/mol. The summed E-state index contributed by atoms with van der Waals surface area (Å²) in [6, 6.07) is 3.99. The van der Waals surface area contributed by atoms with Gasteiger partial charge in [0, 0.05) is 37.4 Å². The zero-order chi connectivity index (χ0) is 17.4. The highest BCUT2D eigenvalue weighted by Gasteiger charge is 2.17. The van der Waals surface area contributed by atoms with Crippen molar-refractivity contribution in [1.82, 2.24) is 19.5 Å². The van der Waals surface area contributed by atoms with Crippen molar-refractivity contribution in [3.8, 4) is 11.3 Å². The van der Waals surface area contributed by atoms with E-state index in [0.29, 0.717) is 6.61 Å². The maximum atomic E-state index is 5.94. The summed E-state index contributed by atoms with van der Waals surface area (Å²) in [5, 5.41) is 3.10. The van der Waals surface area contributed by atoms with Gasteiger partial charge < -0.3 is 15.0 Å². The molecule has 4 rings (SSSR count). The number of nitrogens with zero attached hydrogens (tertiary/aromatic N) is 4. The molecular weight excluding hydrogens is 402 g/mol. The summed E-state index contributed by atoms with van der Waals surface area (Å²) in [7, 11) is 1.72. The van der Waals surface area contributed by atoms with Gasteiger partial charge in [0.2, 0.25) is 5.95 Å². The van der Waals surface area contributed by atoms with E-state index in [1.807, 2.05) is 23.7 Å². The van der Waals surface area contributed by atoms with Crippen LogP contribution in [0.2, 0.25) is 0 Å². The minimum Gasteiger partial charge on any atom is -0.385 e. The molecular formula is C17H16BrN5OS. The first-order valence-corrected chi connectivity index (χ1v) is 9.49. The first-order valence-electron chi connectivity index (χ1n) is 7.82. The first-order chi connectivity index (χ1) is 12.2. The van der Waals surface area contributed by atoms with Gasteiger partial charge >= 0.3 is 0 Å². The van der Waals surface area contributed by atoms with Crippen LogP contribution in [0.5, 0.6) is 0 Å². The van der Waals surface area contributed by atoms with Crippen molar-refractivity contribution in [2.45, 2.75) is 13.0 Å². The Bertz CT molecular complexity index is 1060. The Hall–Kier alpha value is -2.03. The predicted molar refractivity (Wildman–Crippen MR) is 105 cm³/mol. The highest BCUT2D eigenvalue weighted by atomic mass is 79.9. The van der Waals surface area contributed by atoms with Crippen molar-refractivity contribution in [1.29, 1.82) is 0 Å². The number of nitrogen functional groups attached to an aromatic ring is 1. The lowest BCUT2D eigenvalue weighted by molar-refractivity contribution is 0.190. The van der Waals surface area contributed by atoms with Crippen molar-refractivity contribution in [2.24, 2.45) is 0 Å². The Balaban J connectivity index is 1.94. The van der Waals surface area contributed by atoms with Crippen molar-refractivity contribution in [2.75, 3.05) is 19.5 Å². The number of methoxy groups -OCH3 is 1. The third-order valence-corrected chi connectivity index (χ3v) is 5.40. The molecule has 2 N–H and O–H groups in total. The fraction of sp³-hybridized carbons (Fsp3) is 0.235. The number of hydrogen-bond donors (Lipinski definition) is 1. The van der Waals surface area contributed by atoms with Crippen molar-refractivity contribution in [3.05, 3.63) is 34.5 Å². The molecule has 128 valence electrons. The van der Waals surface area contributed by atoms with Crippen LogP contribution in [0.3, 0.4) is 0 Å². The molecule has 0 spiro atoms. The number of nitrogens with two attached hydrogens (primary N) is 1. The maximum Gasteiger partial charge on any atom is 0.221 e. The van der Waals surface area contributed by atoms with Crippen molar-refractivity contribution < 1.29 is 4.74 Å². The number of anilines is 1. The topological polar surface area (TPSA) is 78.9 Å². The predicted octanol–water partition coefficient (Wildman–Crippen LogP) is 4.09. The van der Waals surface area contributed by atoms with Crippen LogP contribution in [0.15, 0.2) is 34.5 Å². The van der Waals surface area contributed by atoms with Gasteiger partial charge in [-0.25, -0.2) is 15.0 Å². The second-order valence-corrected chi connectivity index (χ2v) is 7.40. The van der Waals surface area contributed by atoms with Gasteiger partial charge in [-0.3, -0.25) is 0 Å². The maximum absolute atomic E-state index is 5.94. The third-order valence-electron chi connectivity index (χ3n) is 4.06. The van der Waals surface area contributed by atoms with Gasteiger partial charge in [0.25, 0.3) is 0 Å². The normalized spacial score (nSPS) is 11.6. The summed E-state index contributed by atoms with van der Waals surface area (Å²) in [5.74, 6) is 0.286. The number of hydrogen-bond acceptors (Lipinski definition) is 6. The Morgan fingerprint density at radius 2 is 2.24 bits per heavy atom. The second kappa shape index (κ2) is 6.70. The van der Waals surface area contributed by atoms with E-state index in [2.05, 4.69) is 41.6 Å². The highest BCUT2D eigenvalue weighted by molar-refractivity contribution is 9.10. The van der Waals surface area contributed by atoms with E-state index in [0.717, 1.165) is 49.9 Å². The molecule has 0 aromatic carbocycles. The Labute approximate surface area is 156 Å². The van der Waals surface area contributed by atoms with Crippen LogP contribution in [-0.4, -0.2) is 33.2 Å². The van der Waals surface area contributed by atoms with Crippen molar-refractivity contribution in [3.63, 3.8) is 0 Å². The molecule has 0 aliphatic carbocycles. The van der Waals surface area contributed by atoms with E-state index in [9.17, 15) is 0 Å². The molecule has 0 fully saturated rings. The van der Waals surface area contributed by atoms with Crippen LogP contribution in [0.1, 0.15) is 6.42 Å². The molecule has 0 amide bonds. The van der Waals surface area contributed by atoms with Crippen LogP contribution in [0.4, 0.5) is 5.95 Å². The number of fused-ring (bicyclic) bond motifs is 2. The lowest BCUT2D eigenvalue weighted by atomic mass is 10.1. The molecule has 0 aliphatic heterocycles. The SMILES string of the molecule is COCCCn1cc(-c2nc(N)nc3ccsc23)c2cc(Br)ncc21. The average Bonchev–Trinajstić information content (AvgIpc) is 3.19. The summed E-state index contributed by atoms with van der Waals surface area (Å²) >= 11 is 5.10. The van der Waals surface area contributed by atoms with E-state index in [-0.39, 0.29) is 5.95 Å². The smallest absolute Gasteiger partial charge is 0.221 e. The molecule has 0 saturated heterocycles. The number of ether oxygens (including phenoxy) is 1. The van der Waals surface area contributed by atoms with Crippen LogP contribution in [0, 0.1) is 0 Å². The number of rotatable bonds is 5. The molecule has 0 saturated carbocycles. The third kappa shape index (κ3) is 3.01. The molecule has 0 atom stereocenters. The molecule has 0 aliphatic rings. The van der Waals surface area contributed by atoms with E-state index >= 15 is 0 Å². The van der Waals surface area contributed by atoms with E-state index in [4.69, 9.17) is 10.5 Å². The summed E-state index contributed by atoms with van der Waals surface area (Å²) in [5.41, 5.74) is 9.79. The minimum absolute atomic E-state index is 0.286. The van der Waals surface area contributed by atoms with Gasteiger partial charge in [-0.2, -0.15) is 0 Å². The molecule has 25 heavy (non-hydrogen) atoms. The van der Waals surface area contributed by atoms with E-state index in [1.54, 1.807) is 18.4 Å². The van der Waals surface area contributed by atoms with Gasteiger partial charge in [-0.1, -0.05) is 0 Å². The van der Waals surface area contributed by atoms with Crippen molar-refractivity contribution >= 4 is 54.3 Å². The zero-order valence-electron chi connectivity index (χ0n) is 13.6. The number of aryl methyl sites for hydroxylation is 1. The molecule has 0 bridgehead atoms. The number of aromatic nitrogens is 4. The zero-order valence-corrected chi connectivity index (χ0v) is 16.0. The van der Waals surface area contributed by atoms with Gasteiger partial charge in [0.15, 0.2) is 0 Å². The first kappa shape index (κ1) is 16.4. The number of halogens is 1. The van der Waals surface area contributed by atoms with Gasteiger partial charge in [0.1, 0.15) is 4.60 Å². The molecule has 0 unspecified atom stereocenters. The minimum atomic E-state index is 0.286. The summed E-state index contributed by atoms with van der Waals surface area (Å²) < 4.78 is 9.20. The second-order valence-electron chi connectivity index (χ2n) is 5.67. The number of pyridine rings is 1. The van der Waals surface area contributed by atoms with Gasteiger partial charge in [-0.15, -0.1) is 11.3 Å². The highest BCUT2D eigenvalue weighted by Crippen LogP contribution is 2.36. The monoisotopic (exact) mass is 417 g/mol. The van der Waals surface area contributed by atoms with E-state index in [1.165, 1.54) is 0 Å². The van der Waals surface area contributed by atoms with Gasteiger partial charge in [0.05, 0.1) is 27.6 Å². The summed E-state index contributed by atoms with van der Waals surface area (Å²) in [6.45, 7) is 1.57. The molecule has 4 aromatic rings. The Kier molecular flexibility index (Phi) is 4.41. The molecule has 4 heterocycles. The Morgan fingerprint density at radius 1 is 1.36 bits per heavy atom. The molecule has 0 radical (unpaired) electrons. The summed E-state index contributed by atoms with van der Waals surface area (Å²) in [4.78, 5) is 13.2. The largest absolute Gasteiger partial charge is 0.385 e. The molecule has 4 aromatic heterocycles. The Morgan fingerprint density at radius 3 is 3.08 bits per heavy atom. The standard InChI is InChI=1S/C17H16BrN5OS/c1-24-5-2-4-23-9-11(10-7-14(18)20-8-13(10)23)15-16-12(3-6-25-16)21-17(19)22-15/h3,6-9H,2,4-5H2,1H3,(H2,19,21,22). The van der Waals surface area contributed by atoms with E-state index < -0.39 is 0 Å². The molecule has 6 nitrogen and oxygen atoms in total. The summed E-state index contributed by atoms with van der Waals surface area (Å²) in [6.07, 6.45) is 4.93. The molecule has 8 heteroatoms. The fourth-order valence-electron chi connectivity index (χ4n) is 2.98. The van der Waals surface area contributed by atoms with Crippen LogP contribution < -0.4 is 5.73 Å². The van der Waals surface area contributed by atoms with Crippen LogP contribution in [0.25, 0.3) is 32.4 Å². The lowest BCUT2D eigenvalue weighted by Crippen LogP contribution is -2.00. The van der Waals surface area contributed by atoms with Gasteiger partial charge in [-0.05, 0) is 39.9 Å². The number of thiophene rings is 1. The van der Waals surface area contributed by atoms with Crippen LogP contribution in [-0.2, 0) is 11.3 Å². The quantitative estimate of drug-likeness (QED) is 0.390. The van der Waals surface area contributed by atoms with Crippen LogP contribution >= 0.6 is 27.3 Å².